The third kappa shape index (κ3) is 4.41. The molecule has 9 nitrogen and oxygen atoms in total. The quantitative estimate of drug-likeness (QED) is 0.499. The molecule has 0 saturated carbocycles. The van der Waals surface area contributed by atoms with E-state index in [1.54, 1.807) is 6.07 Å². The van der Waals surface area contributed by atoms with Crippen molar-refractivity contribution in [2.75, 3.05) is 0 Å². The highest BCUT2D eigenvalue weighted by molar-refractivity contribution is 8.12. The summed E-state index contributed by atoms with van der Waals surface area (Å²) in [6.45, 7) is 0. The lowest BCUT2D eigenvalue weighted by Gasteiger charge is -2.04. The largest absolute Gasteiger partial charge is 0.427 e. The number of hydrogen-bond acceptors (Lipinski definition) is 7. The molecule has 19 heavy (non-hydrogen) atoms. The molecule has 0 unspecified atom stereocenters. The normalized spacial score (nSPS) is 10.3. The molecule has 0 bridgehead atoms. The Labute approximate surface area is 111 Å². The lowest BCUT2D eigenvalue weighted by Crippen LogP contribution is -2.29. The van der Waals surface area contributed by atoms with E-state index in [0.717, 1.165) is 18.2 Å². The Bertz CT molecular complexity index is 680. The van der Waals surface area contributed by atoms with E-state index in [1.165, 1.54) is 4.72 Å². The fraction of sp³-hybridized carbons (Fsp3) is 0. The number of amides is 1. The summed E-state index contributed by atoms with van der Waals surface area (Å²) in [6, 6.07) is 4.68. The first-order valence-corrected chi connectivity index (χ1v) is 6.66. The van der Waals surface area contributed by atoms with Gasteiger partial charge in [-0.05, 0) is 12.1 Å². The molecule has 0 radical (unpaired) electrons. The van der Waals surface area contributed by atoms with Crippen LogP contribution >= 0.6 is 10.7 Å². The van der Waals surface area contributed by atoms with Crippen molar-refractivity contribution >= 4 is 31.7 Å². The van der Waals surface area contributed by atoms with Gasteiger partial charge in [0.1, 0.15) is 0 Å². The lowest BCUT2D eigenvalue weighted by atomic mass is 10.2. The predicted octanol–water partition coefficient (Wildman–Crippen LogP) is 1.04. The summed E-state index contributed by atoms with van der Waals surface area (Å²) in [7, 11) is 0.364. The van der Waals surface area contributed by atoms with Gasteiger partial charge in [-0.1, -0.05) is 0 Å². The van der Waals surface area contributed by atoms with Gasteiger partial charge in [0.05, 0.1) is 16.6 Å². The summed E-state index contributed by atoms with van der Waals surface area (Å²) in [5.41, 5.74) is -0.689. The molecular formula is C8H4ClN3O6S. The molecule has 11 heteroatoms. The molecule has 0 aliphatic rings. The molecular weight excluding hydrogens is 302 g/mol. The zero-order valence-corrected chi connectivity index (χ0v) is 10.4. The zero-order chi connectivity index (χ0) is 14.6. The minimum Gasteiger partial charge on any atom is -0.402 e. The minimum atomic E-state index is -4.36. The summed E-state index contributed by atoms with van der Waals surface area (Å²) >= 11 is 0. The van der Waals surface area contributed by atoms with Crippen molar-refractivity contribution in [1.29, 1.82) is 5.26 Å². The van der Waals surface area contributed by atoms with E-state index in [9.17, 15) is 23.3 Å². The highest BCUT2D eigenvalue weighted by atomic mass is 35.7. The highest BCUT2D eigenvalue weighted by Gasteiger charge is 2.20. The maximum Gasteiger partial charge on any atom is 0.427 e. The Morgan fingerprint density at radius 3 is 2.63 bits per heavy atom. The second kappa shape index (κ2) is 5.51. The van der Waals surface area contributed by atoms with Gasteiger partial charge in [-0.15, -0.1) is 0 Å². The second-order valence-electron chi connectivity index (χ2n) is 2.98. The molecule has 0 aliphatic carbocycles. The highest BCUT2D eigenvalue weighted by Crippen LogP contribution is 2.27. The number of ether oxygens (including phenoxy) is 1. The second-order valence-corrected chi connectivity index (χ2v) is 5.28. The van der Waals surface area contributed by atoms with Crippen molar-refractivity contribution in [3.63, 3.8) is 0 Å². The molecule has 1 amide bonds. The Kier molecular flexibility index (Phi) is 4.26. The van der Waals surface area contributed by atoms with E-state index in [0.29, 0.717) is 0 Å². The van der Waals surface area contributed by atoms with Gasteiger partial charge in [-0.2, -0.15) is 13.7 Å². The van der Waals surface area contributed by atoms with Crippen LogP contribution < -0.4 is 9.46 Å². The molecule has 0 aromatic heterocycles. The SMILES string of the molecule is N#Cc1ccc(OC(=O)NS(=O)(=O)Cl)c([N+](=O)[O-])c1. The summed E-state index contributed by atoms with van der Waals surface area (Å²) < 4.78 is 26.7. The van der Waals surface area contributed by atoms with Crippen molar-refractivity contribution in [3.8, 4) is 11.8 Å². The van der Waals surface area contributed by atoms with Crippen LogP contribution in [0.3, 0.4) is 0 Å². The van der Waals surface area contributed by atoms with Gasteiger partial charge in [0.15, 0.2) is 0 Å². The monoisotopic (exact) mass is 305 g/mol. The van der Waals surface area contributed by atoms with E-state index < -0.39 is 31.7 Å². The van der Waals surface area contributed by atoms with Gasteiger partial charge >= 0.3 is 21.0 Å². The molecule has 0 saturated heterocycles. The van der Waals surface area contributed by atoms with Gasteiger partial charge in [0.2, 0.25) is 5.75 Å². The Hall–Kier alpha value is -2.38. The first-order valence-electron chi connectivity index (χ1n) is 4.35. The van der Waals surface area contributed by atoms with E-state index in [-0.39, 0.29) is 5.56 Å². The zero-order valence-electron chi connectivity index (χ0n) is 8.86. The van der Waals surface area contributed by atoms with Gasteiger partial charge in [-0.3, -0.25) is 10.1 Å². The molecule has 1 rings (SSSR count). The van der Waals surface area contributed by atoms with Crippen LogP contribution in [-0.2, 0) is 9.24 Å². The van der Waals surface area contributed by atoms with Crippen LogP contribution in [0.15, 0.2) is 18.2 Å². The number of nitro benzene ring substituents is 1. The number of carbonyl (C=O) groups is 1. The molecule has 0 atom stereocenters. The number of nitriles is 1. The van der Waals surface area contributed by atoms with Crippen LogP contribution in [0.2, 0.25) is 0 Å². The van der Waals surface area contributed by atoms with Crippen LogP contribution in [0, 0.1) is 21.4 Å². The standard InChI is InChI=1S/C8H4ClN3O6S/c9-19(16,17)11-8(13)18-7-2-1-5(4-10)3-6(7)12(14)15/h1-3H,(H,11,13). The van der Waals surface area contributed by atoms with Gasteiger partial charge < -0.3 is 4.74 Å². The maximum atomic E-state index is 11.1. The van der Waals surface area contributed by atoms with Crippen LogP contribution in [0.1, 0.15) is 5.56 Å². The number of carbonyl (C=O) groups excluding carboxylic acids is 1. The summed E-state index contributed by atoms with van der Waals surface area (Å²) in [5.74, 6) is -0.526. The Morgan fingerprint density at radius 1 is 1.53 bits per heavy atom. The van der Waals surface area contributed by atoms with Crippen molar-refractivity contribution in [1.82, 2.24) is 4.72 Å². The van der Waals surface area contributed by atoms with Crippen molar-refractivity contribution in [2.45, 2.75) is 0 Å². The summed E-state index contributed by atoms with van der Waals surface area (Å²) in [6.07, 6.45) is -1.51. The average molecular weight is 306 g/mol. The van der Waals surface area contributed by atoms with E-state index in [4.69, 9.17) is 15.9 Å². The number of nitrogens with zero attached hydrogens (tertiary/aromatic N) is 2. The number of rotatable bonds is 3. The number of benzene rings is 1. The van der Waals surface area contributed by atoms with E-state index in [1.807, 2.05) is 0 Å². The molecule has 1 aromatic carbocycles. The minimum absolute atomic E-state index is 0.0237. The van der Waals surface area contributed by atoms with Gasteiger partial charge in [-0.25, -0.2) is 9.52 Å². The summed E-state index contributed by atoms with van der Waals surface area (Å²) in [4.78, 5) is 20.9. The molecule has 1 aromatic rings. The fourth-order valence-corrected chi connectivity index (χ4v) is 1.47. The van der Waals surface area contributed by atoms with Crippen molar-refractivity contribution in [2.24, 2.45) is 0 Å². The number of halogens is 1. The van der Waals surface area contributed by atoms with Crippen molar-refractivity contribution < 1.29 is 22.9 Å². The van der Waals surface area contributed by atoms with Crippen LogP contribution in [0.5, 0.6) is 5.75 Å². The van der Waals surface area contributed by atoms with Crippen molar-refractivity contribution in [3.05, 3.63) is 33.9 Å². The third-order valence-electron chi connectivity index (χ3n) is 1.69. The molecule has 0 fully saturated rings. The molecule has 1 N–H and O–H groups in total. The smallest absolute Gasteiger partial charge is 0.402 e. The van der Waals surface area contributed by atoms with E-state index >= 15 is 0 Å². The van der Waals surface area contributed by atoms with Crippen LogP contribution in [-0.4, -0.2) is 19.4 Å². The molecule has 100 valence electrons. The first kappa shape index (κ1) is 14.7. The molecule has 0 heterocycles. The molecule has 0 spiro atoms. The third-order valence-corrected chi connectivity index (χ3v) is 2.33. The average Bonchev–Trinajstić information content (AvgIpc) is 2.26. The first-order chi connectivity index (χ1) is 8.73. The maximum absolute atomic E-state index is 11.1. The summed E-state index contributed by atoms with van der Waals surface area (Å²) in [5, 5.41) is 19.3. The number of hydrogen-bond donors (Lipinski definition) is 1. The van der Waals surface area contributed by atoms with Crippen LogP contribution in [0.4, 0.5) is 10.5 Å². The van der Waals surface area contributed by atoms with E-state index in [2.05, 4.69) is 4.74 Å². The fourth-order valence-electron chi connectivity index (χ4n) is 1.04. The van der Waals surface area contributed by atoms with Crippen LogP contribution in [0.25, 0.3) is 0 Å². The number of nitrogens with one attached hydrogen (secondary N) is 1. The molecule has 0 aliphatic heterocycles. The lowest BCUT2D eigenvalue weighted by molar-refractivity contribution is -0.385. The number of nitro groups is 1. The Balaban J connectivity index is 3.05. The van der Waals surface area contributed by atoms with Gasteiger partial charge in [0, 0.05) is 16.7 Å². The topological polar surface area (TPSA) is 139 Å². The predicted molar refractivity (Wildman–Crippen MR) is 61.7 cm³/mol. The van der Waals surface area contributed by atoms with Gasteiger partial charge in [0.25, 0.3) is 0 Å². The Morgan fingerprint density at radius 2 is 2.16 bits per heavy atom.